The summed E-state index contributed by atoms with van der Waals surface area (Å²) in [6.45, 7) is 0. The van der Waals surface area contributed by atoms with Gasteiger partial charge in [-0.3, -0.25) is 0 Å². The van der Waals surface area contributed by atoms with Crippen molar-refractivity contribution in [3.63, 3.8) is 0 Å². The molecule has 0 aliphatic rings. The fourth-order valence-corrected chi connectivity index (χ4v) is 3.19. The smallest absolute Gasteiger partial charge is 0.318 e. The van der Waals surface area contributed by atoms with Crippen LogP contribution >= 0.6 is 22.7 Å². The van der Waals surface area contributed by atoms with Gasteiger partial charge in [-0.25, -0.2) is 0 Å². The maximum Gasteiger partial charge on any atom is 0.453 e. The molecule has 3 aromatic heterocycles. The van der Waals surface area contributed by atoms with E-state index in [4.69, 9.17) is 5.73 Å². The first-order valence-electron chi connectivity index (χ1n) is 5.05. The normalized spacial score (nSPS) is 14.1. The summed E-state index contributed by atoms with van der Waals surface area (Å²) in [6.07, 6.45) is -4.59. The van der Waals surface area contributed by atoms with E-state index in [1.165, 1.54) is 11.3 Å². The first-order valence-corrected chi connectivity index (χ1v) is 6.75. The Morgan fingerprint density at radius 1 is 1.32 bits per heavy atom. The summed E-state index contributed by atoms with van der Waals surface area (Å²) in [5.74, 6) is -1.14. The second-order valence-electron chi connectivity index (χ2n) is 3.65. The van der Waals surface area contributed by atoms with Gasteiger partial charge in [0.15, 0.2) is 0 Å². The Hall–Kier alpha value is -1.52. The summed E-state index contributed by atoms with van der Waals surface area (Å²) in [4.78, 5) is 0.910. The molecule has 0 spiro atoms. The van der Waals surface area contributed by atoms with E-state index in [2.05, 4.69) is 15.3 Å². The van der Waals surface area contributed by atoms with Crippen molar-refractivity contribution in [3.8, 4) is 0 Å². The van der Waals surface area contributed by atoms with Gasteiger partial charge >= 0.3 is 6.18 Å². The van der Waals surface area contributed by atoms with Gasteiger partial charge in [-0.2, -0.15) is 22.8 Å². The molecular formula is C9H6F3N5S2. The molecule has 19 heavy (non-hydrogen) atoms. The second-order valence-corrected chi connectivity index (χ2v) is 5.62. The molecule has 10 heteroatoms. The molecule has 0 fully saturated rings. The molecule has 0 aromatic carbocycles. The summed E-state index contributed by atoms with van der Waals surface area (Å²) in [5.41, 5.74) is 5.96. The van der Waals surface area contributed by atoms with Gasteiger partial charge in [0.1, 0.15) is 5.01 Å². The SMILES string of the molecule is NC(c1cccs1)c1nn2c(C(F)(F)F)nnc2s1. The number of alkyl halides is 3. The summed E-state index contributed by atoms with van der Waals surface area (Å²) < 4.78 is 38.6. The Bertz CT molecular complexity index is 699. The molecule has 3 aromatic rings. The third-order valence-electron chi connectivity index (χ3n) is 2.38. The van der Waals surface area contributed by atoms with Gasteiger partial charge in [-0.15, -0.1) is 21.5 Å². The number of halogens is 3. The van der Waals surface area contributed by atoms with Crippen LogP contribution in [0.3, 0.4) is 0 Å². The van der Waals surface area contributed by atoms with Gasteiger partial charge in [0.05, 0.1) is 6.04 Å². The Morgan fingerprint density at radius 2 is 2.11 bits per heavy atom. The van der Waals surface area contributed by atoms with E-state index in [1.54, 1.807) is 0 Å². The molecule has 1 atom stereocenters. The number of rotatable bonds is 2. The highest BCUT2D eigenvalue weighted by atomic mass is 32.1. The molecule has 0 aliphatic carbocycles. The number of fused-ring (bicyclic) bond motifs is 1. The number of hydrogen-bond donors (Lipinski definition) is 1. The number of aromatic nitrogens is 4. The van der Waals surface area contributed by atoms with E-state index in [0.29, 0.717) is 9.52 Å². The molecule has 100 valence electrons. The predicted molar refractivity (Wildman–Crippen MR) is 64.0 cm³/mol. The van der Waals surface area contributed by atoms with Crippen LogP contribution in [-0.4, -0.2) is 19.8 Å². The lowest BCUT2D eigenvalue weighted by molar-refractivity contribution is -0.146. The highest BCUT2D eigenvalue weighted by Gasteiger charge is 2.38. The summed E-state index contributed by atoms with van der Waals surface area (Å²) in [5, 5.41) is 12.6. The Kier molecular flexibility index (Phi) is 2.80. The fraction of sp³-hybridized carbons (Fsp3) is 0.222. The molecule has 3 heterocycles. The van der Waals surface area contributed by atoms with Crippen molar-refractivity contribution in [3.05, 3.63) is 33.2 Å². The monoisotopic (exact) mass is 305 g/mol. The molecule has 3 rings (SSSR count). The van der Waals surface area contributed by atoms with E-state index in [9.17, 15) is 13.2 Å². The lowest BCUT2D eigenvalue weighted by atomic mass is 10.3. The molecule has 2 N–H and O–H groups in total. The van der Waals surface area contributed by atoms with Crippen LogP contribution in [-0.2, 0) is 6.18 Å². The van der Waals surface area contributed by atoms with Crippen LogP contribution in [0.1, 0.15) is 21.8 Å². The standard InChI is InChI=1S/C9H6F3N5S2/c10-9(11,12)7-14-15-8-17(7)16-6(19-8)5(13)4-2-1-3-18-4/h1-3,5H,13H2. The molecule has 5 nitrogen and oxygen atoms in total. The zero-order chi connectivity index (χ0) is 13.6. The van der Waals surface area contributed by atoms with Gasteiger partial charge in [-0.05, 0) is 11.4 Å². The molecule has 1 unspecified atom stereocenters. The lowest BCUT2D eigenvalue weighted by Gasteiger charge is -2.04. The third kappa shape index (κ3) is 2.11. The van der Waals surface area contributed by atoms with E-state index in [-0.39, 0.29) is 4.96 Å². The Morgan fingerprint density at radius 3 is 2.74 bits per heavy atom. The van der Waals surface area contributed by atoms with Crippen LogP contribution in [0.5, 0.6) is 0 Å². The third-order valence-corrected chi connectivity index (χ3v) is 4.31. The first kappa shape index (κ1) is 12.5. The summed E-state index contributed by atoms with van der Waals surface area (Å²) in [6, 6.07) is 3.08. The van der Waals surface area contributed by atoms with E-state index >= 15 is 0 Å². The Labute approximate surface area is 112 Å². The first-order chi connectivity index (χ1) is 8.97. The topological polar surface area (TPSA) is 69.1 Å². The van der Waals surface area contributed by atoms with E-state index < -0.39 is 18.0 Å². The van der Waals surface area contributed by atoms with Crippen molar-refractivity contribution in [2.75, 3.05) is 0 Å². The molecular weight excluding hydrogens is 299 g/mol. The van der Waals surface area contributed by atoms with Crippen LogP contribution in [0, 0.1) is 0 Å². The average Bonchev–Trinajstić information content (AvgIpc) is 3.02. The number of thiophene rings is 1. The van der Waals surface area contributed by atoms with Gasteiger partial charge < -0.3 is 5.73 Å². The fourth-order valence-electron chi connectivity index (χ4n) is 1.52. The van der Waals surface area contributed by atoms with Crippen LogP contribution in [0.15, 0.2) is 17.5 Å². The van der Waals surface area contributed by atoms with Crippen LogP contribution in [0.2, 0.25) is 0 Å². The number of hydrogen-bond acceptors (Lipinski definition) is 6. The highest BCUT2D eigenvalue weighted by Crippen LogP contribution is 2.31. The molecule has 0 bridgehead atoms. The summed E-state index contributed by atoms with van der Waals surface area (Å²) in [7, 11) is 0. The maximum absolute atomic E-state index is 12.6. The zero-order valence-electron chi connectivity index (χ0n) is 9.13. The van der Waals surface area contributed by atoms with Crippen LogP contribution in [0.25, 0.3) is 4.96 Å². The van der Waals surface area contributed by atoms with E-state index in [0.717, 1.165) is 16.2 Å². The minimum atomic E-state index is -4.59. The van der Waals surface area contributed by atoms with Crippen molar-refractivity contribution in [1.82, 2.24) is 19.8 Å². The van der Waals surface area contributed by atoms with Gasteiger partial charge in [0, 0.05) is 4.88 Å². The van der Waals surface area contributed by atoms with Crippen molar-refractivity contribution in [1.29, 1.82) is 0 Å². The van der Waals surface area contributed by atoms with E-state index in [1.807, 2.05) is 17.5 Å². The molecule has 0 amide bonds. The van der Waals surface area contributed by atoms with Crippen LogP contribution in [0.4, 0.5) is 13.2 Å². The zero-order valence-corrected chi connectivity index (χ0v) is 10.8. The maximum atomic E-state index is 12.6. The van der Waals surface area contributed by atoms with Gasteiger partial charge in [0.2, 0.25) is 4.96 Å². The number of nitrogens with zero attached hydrogens (tertiary/aromatic N) is 4. The average molecular weight is 305 g/mol. The van der Waals surface area contributed by atoms with Crippen molar-refractivity contribution < 1.29 is 13.2 Å². The van der Waals surface area contributed by atoms with Gasteiger partial charge in [-0.1, -0.05) is 17.4 Å². The molecule has 0 aliphatic heterocycles. The lowest BCUT2D eigenvalue weighted by Crippen LogP contribution is -2.14. The summed E-state index contributed by atoms with van der Waals surface area (Å²) >= 11 is 2.42. The van der Waals surface area contributed by atoms with Crippen molar-refractivity contribution in [2.45, 2.75) is 12.2 Å². The molecule has 0 saturated heterocycles. The number of nitrogens with two attached hydrogens (primary N) is 1. The molecule has 0 radical (unpaired) electrons. The van der Waals surface area contributed by atoms with Crippen molar-refractivity contribution >= 4 is 27.6 Å². The predicted octanol–water partition coefficient (Wildman–Crippen LogP) is 2.31. The quantitative estimate of drug-likeness (QED) is 0.789. The minimum absolute atomic E-state index is 0.0781. The van der Waals surface area contributed by atoms with Crippen LogP contribution < -0.4 is 5.73 Å². The second kappa shape index (κ2) is 4.25. The highest BCUT2D eigenvalue weighted by molar-refractivity contribution is 7.17. The van der Waals surface area contributed by atoms with Gasteiger partial charge in [0.25, 0.3) is 5.82 Å². The largest absolute Gasteiger partial charge is 0.453 e. The minimum Gasteiger partial charge on any atom is -0.318 e. The molecule has 0 saturated carbocycles. The van der Waals surface area contributed by atoms with Crippen molar-refractivity contribution in [2.24, 2.45) is 5.73 Å². The Balaban J connectivity index is 2.05.